The van der Waals surface area contributed by atoms with E-state index in [-0.39, 0.29) is 11.9 Å². The molecule has 1 amide bonds. The number of likely N-dealkylation sites (tertiary alicyclic amines) is 1. The Morgan fingerprint density at radius 2 is 2.03 bits per heavy atom. The second kappa shape index (κ2) is 8.47. The Hall–Kier alpha value is -3.15. The third-order valence-corrected chi connectivity index (χ3v) is 5.53. The first-order valence-corrected chi connectivity index (χ1v) is 10.1. The summed E-state index contributed by atoms with van der Waals surface area (Å²) < 4.78 is 7.16. The zero-order chi connectivity index (χ0) is 20.2. The minimum Gasteiger partial charge on any atom is -0.497 e. The molecule has 1 aliphatic heterocycles. The summed E-state index contributed by atoms with van der Waals surface area (Å²) in [7, 11) is 1.66. The Labute approximate surface area is 171 Å². The van der Waals surface area contributed by atoms with Gasteiger partial charge in [0.1, 0.15) is 17.4 Å². The first-order chi connectivity index (χ1) is 14.2. The highest BCUT2D eigenvalue weighted by Crippen LogP contribution is 2.32. The summed E-state index contributed by atoms with van der Waals surface area (Å²) in [6.45, 7) is 2.75. The smallest absolute Gasteiger partial charge is 0.223 e. The Balaban J connectivity index is 1.46. The number of ether oxygens (including phenoxy) is 1. The zero-order valence-electron chi connectivity index (χ0n) is 16.9. The van der Waals surface area contributed by atoms with Gasteiger partial charge in [-0.2, -0.15) is 0 Å². The number of amides is 1. The third kappa shape index (κ3) is 4.16. The molecule has 2 aromatic heterocycles. The number of carbonyl (C=O) groups is 1. The molecule has 29 heavy (non-hydrogen) atoms. The molecule has 1 atom stereocenters. The number of nitrogens with zero attached hydrogens (tertiary/aromatic N) is 4. The molecule has 3 aromatic rings. The number of hydrogen-bond donors (Lipinski definition) is 0. The molecule has 0 saturated carbocycles. The molecule has 0 aliphatic carbocycles. The molecule has 0 bridgehead atoms. The van der Waals surface area contributed by atoms with Gasteiger partial charge in [0.15, 0.2) is 0 Å². The van der Waals surface area contributed by atoms with Crippen LogP contribution < -0.4 is 4.74 Å². The van der Waals surface area contributed by atoms with Crippen molar-refractivity contribution in [1.29, 1.82) is 0 Å². The maximum atomic E-state index is 13.0. The van der Waals surface area contributed by atoms with E-state index in [1.54, 1.807) is 13.3 Å². The lowest BCUT2D eigenvalue weighted by molar-refractivity contribution is -0.132. The van der Waals surface area contributed by atoms with Gasteiger partial charge in [-0.15, -0.1) is 0 Å². The zero-order valence-corrected chi connectivity index (χ0v) is 16.9. The van der Waals surface area contributed by atoms with Crippen LogP contribution in [0, 0.1) is 6.92 Å². The Kier molecular flexibility index (Phi) is 5.60. The normalized spacial score (nSPS) is 16.2. The molecule has 1 aliphatic rings. The summed E-state index contributed by atoms with van der Waals surface area (Å²) in [5.41, 5.74) is 2.09. The fourth-order valence-corrected chi connectivity index (χ4v) is 3.94. The van der Waals surface area contributed by atoms with Gasteiger partial charge < -0.3 is 9.64 Å². The van der Waals surface area contributed by atoms with E-state index in [1.165, 1.54) is 0 Å². The first-order valence-electron chi connectivity index (χ1n) is 10.1. The molecule has 0 unspecified atom stereocenters. The van der Waals surface area contributed by atoms with E-state index < -0.39 is 0 Å². The summed E-state index contributed by atoms with van der Waals surface area (Å²) in [4.78, 5) is 24.1. The van der Waals surface area contributed by atoms with Gasteiger partial charge in [0.05, 0.1) is 18.8 Å². The molecule has 1 saturated heterocycles. The van der Waals surface area contributed by atoms with E-state index in [4.69, 9.17) is 9.72 Å². The number of carbonyl (C=O) groups excluding carboxylic acids is 1. The van der Waals surface area contributed by atoms with Gasteiger partial charge >= 0.3 is 0 Å². The van der Waals surface area contributed by atoms with Gasteiger partial charge in [0.25, 0.3) is 0 Å². The predicted molar refractivity (Wildman–Crippen MR) is 111 cm³/mol. The van der Waals surface area contributed by atoms with Crippen molar-refractivity contribution in [3.05, 3.63) is 71.9 Å². The molecule has 1 aromatic carbocycles. The van der Waals surface area contributed by atoms with Crippen molar-refractivity contribution in [3.8, 4) is 11.6 Å². The second-order valence-corrected chi connectivity index (χ2v) is 7.36. The number of imidazole rings is 1. The van der Waals surface area contributed by atoms with Crippen LogP contribution in [0.15, 0.2) is 54.9 Å². The molecule has 4 rings (SSSR count). The minimum absolute atomic E-state index is 0.0437. The van der Waals surface area contributed by atoms with E-state index in [2.05, 4.69) is 4.98 Å². The molecule has 3 heterocycles. The van der Waals surface area contributed by atoms with Crippen molar-refractivity contribution >= 4 is 5.91 Å². The van der Waals surface area contributed by atoms with Crippen LogP contribution >= 0.6 is 0 Å². The average Bonchev–Trinajstić information content (AvgIpc) is 3.41. The van der Waals surface area contributed by atoms with Crippen LogP contribution in [-0.2, 0) is 11.2 Å². The average molecular weight is 390 g/mol. The molecular formula is C23H26N4O2. The predicted octanol–water partition coefficient (Wildman–Crippen LogP) is 3.88. The van der Waals surface area contributed by atoms with Gasteiger partial charge in [-0.3, -0.25) is 9.36 Å². The van der Waals surface area contributed by atoms with E-state index in [1.807, 2.05) is 65.1 Å². The highest BCUT2D eigenvalue weighted by molar-refractivity contribution is 5.77. The second-order valence-electron chi connectivity index (χ2n) is 7.36. The molecule has 0 radical (unpaired) electrons. The van der Waals surface area contributed by atoms with Gasteiger partial charge in [-0.25, -0.2) is 9.97 Å². The number of rotatable bonds is 6. The highest BCUT2D eigenvalue weighted by atomic mass is 16.5. The van der Waals surface area contributed by atoms with Crippen LogP contribution in [0.5, 0.6) is 5.75 Å². The van der Waals surface area contributed by atoms with Gasteiger partial charge in [0.2, 0.25) is 5.91 Å². The summed E-state index contributed by atoms with van der Waals surface area (Å²) in [5.74, 6) is 2.76. The minimum atomic E-state index is 0.0437. The molecule has 150 valence electrons. The lowest BCUT2D eigenvalue weighted by Gasteiger charge is -2.25. The maximum absolute atomic E-state index is 13.0. The van der Waals surface area contributed by atoms with Crippen molar-refractivity contribution < 1.29 is 9.53 Å². The van der Waals surface area contributed by atoms with Gasteiger partial charge in [-0.1, -0.05) is 18.2 Å². The topological polar surface area (TPSA) is 60.2 Å². The summed E-state index contributed by atoms with van der Waals surface area (Å²) in [5, 5.41) is 0. The Morgan fingerprint density at radius 1 is 1.21 bits per heavy atom. The summed E-state index contributed by atoms with van der Waals surface area (Å²) in [6, 6.07) is 14.0. The fourth-order valence-electron chi connectivity index (χ4n) is 3.94. The molecule has 1 fully saturated rings. The van der Waals surface area contributed by atoms with Crippen LogP contribution in [0.4, 0.5) is 0 Å². The van der Waals surface area contributed by atoms with Crippen molar-refractivity contribution in [1.82, 2.24) is 19.4 Å². The monoisotopic (exact) mass is 390 g/mol. The number of aryl methyl sites for hydroxylation is 2. The number of hydrogen-bond acceptors (Lipinski definition) is 4. The van der Waals surface area contributed by atoms with Crippen molar-refractivity contribution in [2.45, 2.75) is 38.6 Å². The molecule has 6 heteroatoms. The SMILES string of the molecule is COc1ccc(CCC(=O)N2CCC[C@@H]2c2cccc(-n3ccnc3C)n2)cc1. The van der Waals surface area contributed by atoms with E-state index in [0.29, 0.717) is 6.42 Å². The lowest BCUT2D eigenvalue weighted by atomic mass is 10.1. The maximum Gasteiger partial charge on any atom is 0.223 e. The number of methoxy groups -OCH3 is 1. The van der Waals surface area contributed by atoms with Crippen LogP contribution in [0.1, 0.15) is 42.4 Å². The Morgan fingerprint density at radius 3 is 2.76 bits per heavy atom. The van der Waals surface area contributed by atoms with Crippen molar-refractivity contribution in [2.24, 2.45) is 0 Å². The van der Waals surface area contributed by atoms with Crippen LogP contribution in [0.25, 0.3) is 5.82 Å². The molecule has 0 N–H and O–H groups in total. The van der Waals surface area contributed by atoms with Crippen LogP contribution in [0.3, 0.4) is 0 Å². The van der Waals surface area contributed by atoms with E-state index in [9.17, 15) is 4.79 Å². The number of benzene rings is 1. The third-order valence-electron chi connectivity index (χ3n) is 5.53. The largest absolute Gasteiger partial charge is 0.497 e. The van der Waals surface area contributed by atoms with Gasteiger partial charge in [-0.05, 0) is 56.0 Å². The fraction of sp³-hybridized carbons (Fsp3) is 0.348. The molecule has 0 spiro atoms. The van der Waals surface area contributed by atoms with Crippen LogP contribution in [-0.4, -0.2) is 39.0 Å². The quantitative estimate of drug-likeness (QED) is 0.641. The van der Waals surface area contributed by atoms with Gasteiger partial charge in [0, 0.05) is 25.4 Å². The van der Waals surface area contributed by atoms with E-state index in [0.717, 1.165) is 54.5 Å². The summed E-state index contributed by atoms with van der Waals surface area (Å²) >= 11 is 0. The molecule has 6 nitrogen and oxygen atoms in total. The first kappa shape index (κ1) is 19.2. The van der Waals surface area contributed by atoms with E-state index >= 15 is 0 Å². The standard InChI is InChI=1S/C23H26N4O2/c1-17-24-14-16-26(17)22-7-3-5-20(25-22)21-6-4-15-27(21)23(28)13-10-18-8-11-19(29-2)12-9-18/h3,5,7-9,11-12,14,16,21H,4,6,10,13,15H2,1-2H3/t21-/m1/s1. The van der Waals surface area contributed by atoms with Crippen molar-refractivity contribution in [3.63, 3.8) is 0 Å². The van der Waals surface area contributed by atoms with Crippen LogP contribution in [0.2, 0.25) is 0 Å². The highest BCUT2D eigenvalue weighted by Gasteiger charge is 2.30. The number of aromatic nitrogens is 3. The van der Waals surface area contributed by atoms with Crippen molar-refractivity contribution in [2.75, 3.05) is 13.7 Å². The summed E-state index contributed by atoms with van der Waals surface area (Å²) in [6.07, 6.45) is 6.88. The number of pyridine rings is 1. The Bertz CT molecular complexity index is 981. The molecular weight excluding hydrogens is 364 g/mol. The lowest BCUT2D eigenvalue weighted by Crippen LogP contribution is -2.31.